The average Bonchev–Trinajstić information content (AvgIpc) is 2.80. The molecule has 1 aromatic heterocycles. The third-order valence-corrected chi connectivity index (χ3v) is 2.85. The summed E-state index contributed by atoms with van der Waals surface area (Å²) in [6.45, 7) is -0.920. The van der Waals surface area contributed by atoms with E-state index in [1.165, 1.54) is 24.3 Å². The molecule has 0 saturated heterocycles. The Kier molecular flexibility index (Phi) is 4.10. The molecule has 0 amide bonds. The number of rotatable bonds is 2. The lowest BCUT2D eigenvalue weighted by atomic mass is 10.2. The van der Waals surface area contributed by atoms with Crippen molar-refractivity contribution in [1.29, 1.82) is 0 Å². The van der Waals surface area contributed by atoms with E-state index in [0.717, 1.165) is 0 Å². The Labute approximate surface area is 124 Å². The van der Waals surface area contributed by atoms with Crippen LogP contribution in [0.3, 0.4) is 0 Å². The van der Waals surface area contributed by atoms with Crippen LogP contribution in [-0.4, -0.2) is 28.8 Å². The van der Waals surface area contributed by atoms with E-state index in [0.29, 0.717) is 6.20 Å². The van der Waals surface area contributed by atoms with Crippen molar-refractivity contribution in [3.8, 4) is 0 Å². The first-order chi connectivity index (χ1) is 10.5. The summed E-state index contributed by atoms with van der Waals surface area (Å²) < 4.78 is 78.1. The van der Waals surface area contributed by atoms with Crippen molar-refractivity contribution in [2.75, 3.05) is 0 Å². The van der Waals surface area contributed by atoms with Gasteiger partial charge in [0.05, 0.1) is 5.52 Å². The smallest absolute Gasteiger partial charge is 0.454 e. The Hall–Kier alpha value is -2.52. The SMILES string of the molecule is O=C(OCc1cn(C(=O)C(F)(F)F)c2ccccc12)C(F)(F)F. The van der Waals surface area contributed by atoms with Crippen molar-refractivity contribution in [3.63, 3.8) is 0 Å². The largest absolute Gasteiger partial charge is 0.490 e. The zero-order valence-electron chi connectivity index (χ0n) is 11.0. The predicted octanol–water partition coefficient (Wildman–Crippen LogP) is 3.45. The van der Waals surface area contributed by atoms with Gasteiger partial charge in [-0.05, 0) is 6.07 Å². The van der Waals surface area contributed by atoms with Gasteiger partial charge in [-0.3, -0.25) is 9.36 Å². The third-order valence-electron chi connectivity index (χ3n) is 2.85. The zero-order valence-corrected chi connectivity index (χ0v) is 11.0. The monoisotopic (exact) mass is 339 g/mol. The quantitative estimate of drug-likeness (QED) is 0.622. The van der Waals surface area contributed by atoms with E-state index < -0.39 is 30.8 Å². The van der Waals surface area contributed by atoms with E-state index in [4.69, 9.17) is 0 Å². The Morgan fingerprint density at radius 3 is 2.17 bits per heavy atom. The molecule has 2 aromatic rings. The highest BCUT2D eigenvalue weighted by atomic mass is 19.4. The van der Waals surface area contributed by atoms with Crippen molar-refractivity contribution >= 4 is 22.8 Å². The van der Waals surface area contributed by atoms with E-state index in [1.54, 1.807) is 0 Å². The summed E-state index contributed by atoms with van der Waals surface area (Å²) in [4.78, 5) is 22.0. The number of benzene rings is 1. The summed E-state index contributed by atoms with van der Waals surface area (Å²) >= 11 is 0. The van der Waals surface area contributed by atoms with Gasteiger partial charge in [0, 0.05) is 17.1 Å². The van der Waals surface area contributed by atoms with Gasteiger partial charge in [0.15, 0.2) is 0 Å². The first-order valence-corrected chi connectivity index (χ1v) is 5.96. The van der Waals surface area contributed by atoms with E-state index in [1.807, 2.05) is 0 Å². The normalized spacial score (nSPS) is 12.4. The zero-order chi connectivity index (χ0) is 17.4. The molecule has 124 valence electrons. The fourth-order valence-corrected chi connectivity index (χ4v) is 1.89. The number of halogens is 6. The van der Waals surface area contributed by atoms with Crippen LogP contribution in [0, 0.1) is 0 Å². The van der Waals surface area contributed by atoms with Crippen molar-refractivity contribution < 1.29 is 40.7 Å². The number of esters is 1. The summed E-state index contributed by atoms with van der Waals surface area (Å²) in [6.07, 6.45) is -9.69. The number of hydrogen-bond donors (Lipinski definition) is 0. The minimum absolute atomic E-state index is 0.0695. The minimum Gasteiger partial charge on any atom is -0.454 e. The molecule has 0 N–H and O–H groups in total. The second kappa shape index (κ2) is 5.60. The highest BCUT2D eigenvalue weighted by Gasteiger charge is 2.42. The number of ether oxygens (including phenoxy) is 1. The molecule has 23 heavy (non-hydrogen) atoms. The van der Waals surface area contributed by atoms with Crippen molar-refractivity contribution in [1.82, 2.24) is 4.57 Å². The number of carbonyl (C=O) groups is 2. The molecule has 2 rings (SSSR count). The van der Waals surface area contributed by atoms with Gasteiger partial charge >= 0.3 is 24.2 Å². The number of alkyl halides is 6. The number of fused-ring (bicyclic) bond motifs is 1. The molecule has 10 heteroatoms. The highest BCUT2D eigenvalue weighted by molar-refractivity contribution is 5.96. The van der Waals surface area contributed by atoms with Crippen LogP contribution in [0.1, 0.15) is 10.4 Å². The van der Waals surface area contributed by atoms with Gasteiger partial charge < -0.3 is 4.74 Å². The molecule has 4 nitrogen and oxygen atoms in total. The summed E-state index contributed by atoms with van der Waals surface area (Å²) in [5, 5.41) is 0.0695. The second-order valence-corrected chi connectivity index (χ2v) is 4.42. The second-order valence-electron chi connectivity index (χ2n) is 4.42. The molecular formula is C13H7F6NO3. The Bertz CT molecular complexity index is 759. The summed E-state index contributed by atoms with van der Waals surface area (Å²) in [5.41, 5.74) is -0.316. The molecule has 1 aromatic carbocycles. The molecule has 0 aliphatic carbocycles. The minimum atomic E-state index is -5.22. The van der Waals surface area contributed by atoms with Gasteiger partial charge in [0.25, 0.3) is 0 Å². The van der Waals surface area contributed by atoms with Crippen LogP contribution in [0.4, 0.5) is 26.3 Å². The van der Waals surface area contributed by atoms with Crippen LogP contribution in [0.15, 0.2) is 30.5 Å². The first kappa shape index (κ1) is 16.8. The van der Waals surface area contributed by atoms with E-state index >= 15 is 0 Å². The number of para-hydroxylation sites is 1. The first-order valence-electron chi connectivity index (χ1n) is 5.96. The summed E-state index contributed by atoms with van der Waals surface area (Å²) in [7, 11) is 0. The topological polar surface area (TPSA) is 48.3 Å². The lowest BCUT2D eigenvalue weighted by molar-refractivity contribution is -0.201. The maximum Gasteiger partial charge on any atom is 0.490 e. The summed E-state index contributed by atoms with van der Waals surface area (Å²) in [5.74, 6) is -4.68. The van der Waals surface area contributed by atoms with Crippen molar-refractivity contribution in [2.24, 2.45) is 0 Å². The third kappa shape index (κ3) is 3.46. The molecule has 1 heterocycles. The molecule has 0 bridgehead atoms. The Balaban J connectivity index is 2.39. The Morgan fingerprint density at radius 2 is 1.61 bits per heavy atom. The fraction of sp³-hybridized carbons (Fsp3) is 0.231. The van der Waals surface area contributed by atoms with Crippen LogP contribution >= 0.6 is 0 Å². The van der Waals surface area contributed by atoms with E-state index in [-0.39, 0.29) is 21.0 Å². The molecule has 0 radical (unpaired) electrons. The van der Waals surface area contributed by atoms with E-state index in [9.17, 15) is 35.9 Å². The average molecular weight is 339 g/mol. The summed E-state index contributed by atoms with van der Waals surface area (Å²) in [6, 6.07) is 5.26. The number of nitrogens with zero attached hydrogens (tertiary/aromatic N) is 1. The standard InChI is InChI=1S/C13H7F6NO3/c14-12(15,16)10(21)20-5-7(6-23-11(22)13(17,18)19)8-3-1-2-4-9(8)20/h1-5H,6H2. The number of aromatic nitrogens is 1. The van der Waals surface area contributed by atoms with Gasteiger partial charge in [-0.25, -0.2) is 4.79 Å². The lowest BCUT2D eigenvalue weighted by Crippen LogP contribution is -2.28. The van der Waals surface area contributed by atoms with Crippen LogP contribution in [-0.2, 0) is 16.1 Å². The molecule has 0 aliphatic heterocycles. The van der Waals surface area contributed by atoms with Crippen molar-refractivity contribution in [3.05, 3.63) is 36.0 Å². The van der Waals surface area contributed by atoms with Crippen LogP contribution in [0.2, 0.25) is 0 Å². The van der Waals surface area contributed by atoms with Crippen molar-refractivity contribution in [2.45, 2.75) is 19.0 Å². The van der Waals surface area contributed by atoms with Crippen LogP contribution < -0.4 is 0 Å². The van der Waals surface area contributed by atoms with Gasteiger partial charge in [0.1, 0.15) is 6.61 Å². The van der Waals surface area contributed by atoms with Gasteiger partial charge in [0.2, 0.25) is 0 Å². The van der Waals surface area contributed by atoms with Crippen LogP contribution in [0.25, 0.3) is 10.9 Å². The molecule has 0 spiro atoms. The molecule has 0 unspecified atom stereocenters. The molecular weight excluding hydrogens is 332 g/mol. The molecule has 0 saturated carbocycles. The molecule has 0 aliphatic rings. The van der Waals surface area contributed by atoms with Gasteiger partial charge in [-0.15, -0.1) is 0 Å². The van der Waals surface area contributed by atoms with E-state index in [2.05, 4.69) is 4.74 Å². The predicted molar refractivity (Wildman–Crippen MR) is 64.5 cm³/mol. The van der Waals surface area contributed by atoms with Gasteiger partial charge in [-0.1, -0.05) is 18.2 Å². The number of hydrogen-bond acceptors (Lipinski definition) is 3. The Morgan fingerprint density at radius 1 is 1.00 bits per heavy atom. The maximum absolute atomic E-state index is 12.5. The molecule has 0 fully saturated rings. The highest BCUT2D eigenvalue weighted by Crippen LogP contribution is 2.27. The fourth-order valence-electron chi connectivity index (χ4n) is 1.89. The molecule has 0 atom stereocenters. The maximum atomic E-state index is 12.5. The van der Waals surface area contributed by atoms with Crippen LogP contribution in [0.5, 0.6) is 0 Å². The number of carbonyl (C=O) groups excluding carboxylic acids is 2. The lowest BCUT2D eigenvalue weighted by Gasteiger charge is -2.07. The van der Waals surface area contributed by atoms with Gasteiger partial charge in [-0.2, -0.15) is 26.3 Å².